The van der Waals surface area contributed by atoms with Crippen molar-refractivity contribution >= 4 is 22.8 Å². The molecule has 25 heavy (non-hydrogen) atoms. The number of hydrogen-bond acceptors (Lipinski definition) is 5. The molecule has 0 spiro atoms. The molecule has 1 amide bonds. The quantitative estimate of drug-likeness (QED) is 0.768. The molecule has 2 N–H and O–H groups in total. The number of rotatable bonds is 3. The minimum absolute atomic E-state index is 0.0216. The predicted octanol–water partition coefficient (Wildman–Crippen LogP) is 2.68. The second-order valence-electron chi connectivity index (χ2n) is 6.29. The van der Waals surface area contributed by atoms with Gasteiger partial charge in [-0.25, -0.2) is 9.97 Å². The van der Waals surface area contributed by atoms with Gasteiger partial charge in [-0.15, -0.1) is 0 Å². The summed E-state index contributed by atoms with van der Waals surface area (Å²) in [6, 6.07) is 5.57. The zero-order valence-electron chi connectivity index (χ0n) is 14.3. The van der Waals surface area contributed by atoms with Crippen LogP contribution in [0.3, 0.4) is 0 Å². The van der Waals surface area contributed by atoms with Gasteiger partial charge < -0.3 is 15.2 Å². The fraction of sp³-hybridized carbons (Fsp3) is 0.333. The van der Waals surface area contributed by atoms with E-state index in [1.54, 1.807) is 12.4 Å². The first kappa shape index (κ1) is 15.6. The van der Waals surface area contributed by atoms with Crippen LogP contribution in [0.1, 0.15) is 40.8 Å². The van der Waals surface area contributed by atoms with E-state index < -0.39 is 0 Å². The summed E-state index contributed by atoms with van der Waals surface area (Å²) in [5.41, 5.74) is 3.26. The molecule has 0 bridgehead atoms. The number of carbonyl (C=O) groups excluding carboxylic acids is 1. The van der Waals surface area contributed by atoms with Gasteiger partial charge in [0.25, 0.3) is 5.91 Å². The molecule has 4 rings (SSSR count). The van der Waals surface area contributed by atoms with Crippen LogP contribution in [0, 0.1) is 6.92 Å². The Balaban J connectivity index is 1.65. The van der Waals surface area contributed by atoms with Gasteiger partial charge in [-0.1, -0.05) is 0 Å². The molecule has 1 aromatic carbocycles. The largest absolute Gasteiger partial charge is 0.372 e. The molecule has 1 saturated heterocycles. The summed E-state index contributed by atoms with van der Waals surface area (Å²) in [5.74, 6) is 1.58. The lowest BCUT2D eigenvalue weighted by Gasteiger charge is -2.24. The summed E-state index contributed by atoms with van der Waals surface area (Å²) in [7, 11) is 1.81. The highest BCUT2D eigenvalue weighted by atomic mass is 16.2. The molecule has 0 saturated carbocycles. The molecule has 3 aromatic rings. The first-order chi connectivity index (χ1) is 12.2. The normalized spacial score (nSPS) is 17.2. The Kier molecular flexibility index (Phi) is 3.83. The van der Waals surface area contributed by atoms with Crippen LogP contribution in [-0.4, -0.2) is 44.3 Å². The molecule has 128 valence electrons. The van der Waals surface area contributed by atoms with Crippen LogP contribution in [-0.2, 0) is 0 Å². The number of nitrogens with zero attached hydrogens (tertiary/aromatic N) is 4. The zero-order chi connectivity index (χ0) is 17.4. The summed E-state index contributed by atoms with van der Waals surface area (Å²) < 4.78 is 0. The van der Waals surface area contributed by atoms with Crippen molar-refractivity contribution in [3.8, 4) is 0 Å². The number of aromatic nitrogens is 4. The second-order valence-corrected chi connectivity index (χ2v) is 6.29. The van der Waals surface area contributed by atoms with Crippen molar-refractivity contribution in [1.29, 1.82) is 0 Å². The third kappa shape index (κ3) is 2.82. The highest BCUT2D eigenvalue weighted by Gasteiger charge is 2.32. The topological polar surface area (TPSA) is 86.8 Å². The fourth-order valence-corrected chi connectivity index (χ4v) is 3.42. The lowest BCUT2D eigenvalue weighted by Crippen LogP contribution is -2.31. The Bertz CT molecular complexity index is 934. The number of aryl methyl sites for hydroxylation is 1. The van der Waals surface area contributed by atoms with Crippen molar-refractivity contribution < 1.29 is 4.79 Å². The van der Waals surface area contributed by atoms with E-state index >= 15 is 0 Å². The lowest BCUT2D eigenvalue weighted by molar-refractivity contribution is 0.0733. The molecular weight excluding hydrogens is 316 g/mol. The summed E-state index contributed by atoms with van der Waals surface area (Å²) in [6.45, 7) is 2.64. The molecule has 1 atom stereocenters. The maximum atomic E-state index is 13.1. The van der Waals surface area contributed by atoms with Gasteiger partial charge in [-0.05, 0) is 38.0 Å². The lowest BCUT2D eigenvalue weighted by atomic mass is 10.1. The maximum absolute atomic E-state index is 13.1. The molecule has 0 radical (unpaired) electrons. The van der Waals surface area contributed by atoms with Crippen LogP contribution < -0.4 is 5.32 Å². The molecule has 7 nitrogen and oxygen atoms in total. The van der Waals surface area contributed by atoms with Gasteiger partial charge in [0.2, 0.25) is 0 Å². The molecule has 2 aromatic heterocycles. The van der Waals surface area contributed by atoms with E-state index in [9.17, 15) is 4.79 Å². The number of benzene rings is 1. The standard InChI is InChI=1S/C18H20N6O/c1-11-21-13-6-5-12(8-14(13)22-11)18(25)24-7-3-4-16(24)15-9-20-10-17(19-2)23-15/h5-6,8-10,16H,3-4,7H2,1-2H3,(H,19,23)(H,21,22)/t16-/m1/s1. The van der Waals surface area contributed by atoms with Crippen molar-refractivity contribution in [1.82, 2.24) is 24.8 Å². The number of carbonyl (C=O) groups is 1. The smallest absolute Gasteiger partial charge is 0.254 e. The van der Waals surface area contributed by atoms with Gasteiger partial charge in [0.05, 0.1) is 35.2 Å². The number of aromatic amines is 1. The van der Waals surface area contributed by atoms with Crippen LogP contribution in [0.25, 0.3) is 11.0 Å². The van der Waals surface area contributed by atoms with Gasteiger partial charge in [0.1, 0.15) is 11.6 Å². The van der Waals surface area contributed by atoms with Crippen molar-refractivity contribution in [2.75, 3.05) is 18.9 Å². The Hall–Kier alpha value is -2.96. The van der Waals surface area contributed by atoms with Gasteiger partial charge in [-0.2, -0.15) is 0 Å². The average Bonchev–Trinajstić information content (AvgIpc) is 3.26. The van der Waals surface area contributed by atoms with E-state index in [1.807, 2.05) is 37.1 Å². The van der Waals surface area contributed by atoms with Crippen LogP contribution in [0.2, 0.25) is 0 Å². The number of hydrogen-bond donors (Lipinski definition) is 2. The first-order valence-electron chi connectivity index (χ1n) is 8.43. The van der Waals surface area contributed by atoms with Gasteiger partial charge in [-0.3, -0.25) is 9.78 Å². The summed E-state index contributed by atoms with van der Waals surface area (Å²) in [5, 5.41) is 3.00. The second kappa shape index (κ2) is 6.16. The highest BCUT2D eigenvalue weighted by Crippen LogP contribution is 2.32. The average molecular weight is 336 g/mol. The third-order valence-electron chi connectivity index (χ3n) is 4.61. The van der Waals surface area contributed by atoms with Crippen LogP contribution in [0.4, 0.5) is 5.82 Å². The predicted molar refractivity (Wildman–Crippen MR) is 95.4 cm³/mol. The molecule has 3 heterocycles. The number of H-pyrrole nitrogens is 1. The number of likely N-dealkylation sites (tertiary alicyclic amines) is 1. The Morgan fingerprint density at radius 1 is 1.32 bits per heavy atom. The van der Waals surface area contributed by atoms with Crippen molar-refractivity contribution in [2.45, 2.75) is 25.8 Å². The Morgan fingerprint density at radius 2 is 2.20 bits per heavy atom. The number of imidazole rings is 1. The number of amides is 1. The number of anilines is 1. The van der Waals surface area contributed by atoms with Gasteiger partial charge in [0.15, 0.2) is 0 Å². The molecule has 0 aliphatic carbocycles. The SMILES string of the molecule is CNc1cncc([C@H]2CCCN2C(=O)c2ccc3nc(C)[nH]c3c2)n1. The molecule has 1 aliphatic rings. The third-order valence-corrected chi connectivity index (χ3v) is 4.61. The minimum atomic E-state index is -0.0347. The Labute approximate surface area is 145 Å². The molecule has 1 fully saturated rings. The summed E-state index contributed by atoms with van der Waals surface area (Å²) in [4.78, 5) is 31.3. The zero-order valence-corrected chi connectivity index (χ0v) is 14.3. The van der Waals surface area contributed by atoms with E-state index in [1.165, 1.54) is 0 Å². The molecule has 1 aliphatic heterocycles. The van der Waals surface area contributed by atoms with E-state index in [4.69, 9.17) is 0 Å². The highest BCUT2D eigenvalue weighted by molar-refractivity contribution is 5.97. The van der Waals surface area contributed by atoms with Crippen LogP contribution >= 0.6 is 0 Å². The van der Waals surface area contributed by atoms with E-state index in [0.29, 0.717) is 11.4 Å². The van der Waals surface area contributed by atoms with E-state index in [0.717, 1.165) is 41.9 Å². The summed E-state index contributed by atoms with van der Waals surface area (Å²) in [6.07, 6.45) is 5.30. The van der Waals surface area contributed by atoms with Crippen molar-refractivity contribution in [2.24, 2.45) is 0 Å². The fourth-order valence-electron chi connectivity index (χ4n) is 3.42. The minimum Gasteiger partial charge on any atom is -0.372 e. The molecule has 0 unspecified atom stereocenters. The monoisotopic (exact) mass is 336 g/mol. The number of fused-ring (bicyclic) bond motifs is 1. The summed E-state index contributed by atoms with van der Waals surface area (Å²) >= 11 is 0. The van der Waals surface area contributed by atoms with Crippen molar-refractivity contribution in [3.05, 3.63) is 47.7 Å². The van der Waals surface area contributed by atoms with E-state index in [2.05, 4.69) is 25.3 Å². The Morgan fingerprint density at radius 3 is 3.04 bits per heavy atom. The van der Waals surface area contributed by atoms with Gasteiger partial charge in [0, 0.05) is 19.2 Å². The van der Waals surface area contributed by atoms with Gasteiger partial charge >= 0.3 is 0 Å². The molecular formula is C18H20N6O. The van der Waals surface area contributed by atoms with Crippen LogP contribution in [0.15, 0.2) is 30.6 Å². The maximum Gasteiger partial charge on any atom is 0.254 e. The number of nitrogens with one attached hydrogen (secondary N) is 2. The van der Waals surface area contributed by atoms with Crippen LogP contribution in [0.5, 0.6) is 0 Å². The molecule has 7 heteroatoms. The van der Waals surface area contributed by atoms with E-state index in [-0.39, 0.29) is 11.9 Å². The van der Waals surface area contributed by atoms with Crippen molar-refractivity contribution in [3.63, 3.8) is 0 Å². The first-order valence-corrected chi connectivity index (χ1v) is 8.43.